The molecular weight excluding hydrogens is 172 g/mol. The fourth-order valence-corrected chi connectivity index (χ4v) is 0.552. The zero-order valence-electron chi connectivity index (χ0n) is 6.51. The second kappa shape index (κ2) is 3.69. The van der Waals surface area contributed by atoms with Gasteiger partial charge in [-0.25, -0.2) is 0 Å². The number of ether oxygens (including phenoxy) is 2. The number of hydrogen-bond acceptors (Lipinski definition) is 4. The van der Waals surface area contributed by atoms with E-state index in [4.69, 9.17) is 11.6 Å². The van der Waals surface area contributed by atoms with Gasteiger partial charge in [0.25, 0.3) is 11.0 Å². The van der Waals surface area contributed by atoms with Crippen LogP contribution >= 0.6 is 11.6 Å². The lowest BCUT2D eigenvalue weighted by Crippen LogP contribution is -2.39. The summed E-state index contributed by atoms with van der Waals surface area (Å²) >= 11 is 5.09. The molecule has 0 saturated carbocycles. The zero-order chi connectivity index (χ0) is 9.07. The van der Waals surface area contributed by atoms with Crippen LogP contribution in [-0.2, 0) is 19.1 Å². The largest absolute Gasteiger partial charge is 0.424 e. The summed E-state index contributed by atoms with van der Waals surface area (Å²) < 4.78 is 9.09. The van der Waals surface area contributed by atoms with Crippen LogP contribution in [0.25, 0.3) is 0 Å². The summed E-state index contributed by atoms with van der Waals surface area (Å²) in [6.07, 6.45) is 0. The fraction of sp³-hybridized carbons (Fsp3) is 0.667. The third-order valence-corrected chi connectivity index (χ3v) is 1.43. The molecule has 0 heterocycles. The SMILES string of the molecule is COC(C)(OC(C)=O)C(=O)Cl. The van der Waals surface area contributed by atoms with Crippen LogP contribution in [0, 0.1) is 0 Å². The topological polar surface area (TPSA) is 52.6 Å². The van der Waals surface area contributed by atoms with E-state index in [2.05, 4.69) is 9.47 Å². The van der Waals surface area contributed by atoms with Crippen LogP contribution < -0.4 is 0 Å². The van der Waals surface area contributed by atoms with Crippen molar-refractivity contribution in [1.29, 1.82) is 0 Å². The van der Waals surface area contributed by atoms with E-state index in [1.165, 1.54) is 14.0 Å². The zero-order valence-corrected chi connectivity index (χ0v) is 7.27. The predicted octanol–water partition coefficient (Wildman–Crippen LogP) is 0.677. The Labute approximate surface area is 69.4 Å². The van der Waals surface area contributed by atoms with E-state index in [1.807, 2.05) is 0 Å². The van der Waals surface area contributed by atoms with Gasteiger partial charge in [-0.1, -0.05) is 0 Å². The summed E-state index contributed by atoms with van der Waals surface area (Å²) in [5.74, 6) is -2.28. The number of carbonyl (C=O) groups excluding carboxylic acids is 2. The Morgan fingerprint density at radius 3 is 2.00 bits per heavy atom. The second-order valence-corrected chi connectivity index (χ2v) is 2.36. The third-order valence-electron chi connectivity index (χ3n) is 1.09. The van der Waals surface area contributed by atoms with Crippen molar-refractivity contribution in [3.8, 4) is 0 Å². The van der Waals surface area contributed by atoms with Gasteiger partial charge in [0.1, 0.15) is 0 Å². The van der Waals surface area contributed by atoms with Crippen molar-refractivity contribution in [3.05, 3.63) is 0 Å². The normalized spacial score (nSPS) is 15.3. The summed E-state index contributed by atoms with van der Waals surface area (Å²) in [6, 6.07) is 0. The van der Waals surface area contributed by atoms with Gasteiger partial charge in [-0.2, -0.15) is 0 Å². The molecule has 0 saturated heterocycles. The highest BCUT2D eigenvalue weighted by Crippen LogP contribution is 2.14. The number of rotatable bonds is 3. The first-order valence-corrected chi connectivity index (χ1v) is 3.25. The molecule has 0 aliphatic carbocycles. The van der Waals surface area contributed by atoms with Crippen molar-refractivity contribution >= 4 is 22.8 Å². The Morgan fingerprint density at radius 1 is 1.45 bits per heavy atom. The Hall–Kier alpha value is -0.610. The minimum absolute atomic E-state index is 0.622. The molecule has 5 heteroatoms. The quantitative estimate of drug-likeness (QED) is 0.364. The van der Waals surface area contributed by atoms with Crippen LogP contribution in [0.1, 0.15) is 13.8 Å². The summed E-state index contributed by atoms with van der Waals surface area (Å²) in [4.78, 5) is 21.0. The van der Waals surface area contributed by atoms with E-state index >= 15 is 0 Å². The molecule has 0 radical (unpaired) electrons. The van der Waals surface area contributed by atoms with Gasteiger partial charge in [0.15, 0.2) is 0 Å². The molecule has 1 unspecified atom stereocenters. The molecular formula is C6H9ClO4. The molecule has 0 spiro atoms. The van der Waals surface area contributed by atoms with Crippen molar-refractivity contribution < 1.29 is 19.1 Å². The molecule has 0 fully saturated rings. The summed E-state index contributed by atoms with van der Waals surface area (Å²) in [5.41, 5.74) is 0. The van der Waals surface area contributed by atoms with Gasteiger partial charge in [0.2, 0.25) is 0 Å². The number of hydrogen-bond donors (Lipinski definition) is 0. The Balaban J connectivity index is 4.34. The minimum Gasteiger partial charge on any atom is -0.424 e. The molecule has 4 nitrogen and oxygen atoms in total. The van der Waals surface area contributed by atoms with Crippen molar-refractivity contribution in [2.24, 2.45) is 0 Å². The van der Waals surface area contributed by atoms with Gasteiger partial charge in [-0.05, 0) is 11.6 Å². The summed E-state index contributed by atoms with van der Waals surface area (Å²) in [7, 11) is 1.23. The van der Waals surface area contributed by atoms with Crippen LogP contribution in [0.2, 0.25) is 0 Å². The average Bonchev–Trinajstić information content (AvgIpc) is 1.86. The first-order valence-electron chi connectivity index (χ1n) is 2.87. The molecule has 64 valence electrons. The molecule has 0 amide bonds. The van der Waals surface area contributed by atoms with E-state index in [0.29, 0.717) is 0 Å². The van der Waals surface area contributed by atoms with Crippen LogP contribution in [0.3, 0.4) is 0 Å². The predicted molar refractivity (Wildman–Crippen MR) is 38.0 cm³/mol. The van der Waals surface area contributed by atoms with E-state index < -0.39 is 17.0 Å². The lowest BCUT2D eigenvalue weighted by atomic mass is 10.3. The van der Waals surface area contributed by atoms with E-state index in [0.717, 1.165) is 6.92 Å². The Bertz CT molecular complexity index is 179. The van der Waals surface area contributed by atoms with Gasteiger partial charge in [-0.15, -0.1) is 0 Å². The molecule has 0 rings (SSSR count). The smallest absolute Gasteiger partial charge is 0.305 e. The highest BCUT2D eigenvalue weighted by Gasteiger charge is 2.35. The fourth-order valence-electron chi connectivity index (χ4n) is 0.436. The Kier molecular flexibility index (Phi) is 3.48. The number of methoxy groups -OCH3 is 1. The second-order valence-electron chi connectivity index (χ2n) is 2.02. The van der Waals surface area contributed by atoms with E-state index in [-0.39, 0.29) is 0 Å². The maximum absolute atomic E-state index is 10.6. The lowest BCUT2D eigenvalue weighted by molar-refractivity contribution is -0.206. The molecule has 0 aromatic carbocycles. The third kappa shape index (κ3) is 2.86. The number of esters is 1. The maximum atomic E-state index is 10.6. The van der Waals surface area contributed by atoms with Crippen LogP contribution in [0.15, 0.2) is 0 Å². The first kappa shape index (κ1) is 10.4. The van der Waals surface area contributed by atoms with Gasteiger partial charge in [0.05, 0.1) is 0 Å². The van der Waals surface area contributed by atoms with Crippen molar-refractivity contribution in [3.63, 3.8) is 0 Å². The van der Waals surface area contributed by atoms with E-state index in [1.54, 1.807) is 0 Å². The standard InChI is InChI=1S/C6H9ClO4/c1-4(8)11-6(2,10-3)5(7)9/h1-3H3. The molecule has 0 aromatic rings. The monoisotopic (exact) mass is 180 g/mol. The molecule has 0 N–H and O–H groups in total. The maximum Gasteiger partial charge on any atom is 0.305 e. The molecule has 0 aliphatic heterocycles. The van der Waals surface area contributed by atoms with E-state index in [9.17, 15) is 9.59 Å². The highest BCUT2D eigenvalue weighted by atomic mass is 35.5. The summed E-state index contributed by atoms with van der Waals surface area (Å²) in [5, 5.41) is -0.866. The van der Waals surface area contributed by atoms with Crippen molar-refractivity contribution in [2.75, 3.05) is 7.11 Å². The van der Waals surface area contributed by atoms with Gasteiger partial charge in [0, 0.05) is 21.0 Å². The Morgan fingerprint density at radius 2 is 1.91 bits per heavy atom. The van der Waals surface area contributed by atoms with Crippen molar-refractivity contribution in [2.45, 2.75) is 19.6 Å². The summed E-state index contributed by atoms with van der Waals surface area (Å²) in [6.45, 7) is 2.43. The van der Waals surface area contributed by atoms with Crippen LogP contribution in [0.5, 0.6) is 0 Å². The lowest BCUT2D eigenvalue weighted by Gasteiger charge is -2.22. The van der Waals surface area contributed by atoms with Crippen LogP contribution in [0.4, 0.5) is 0 Å². The molecule has 0 aliphatic rings. The van der Waals surface area contributed by atoms with Gasteiger partial charge < -0.3 is 9.47 Å². The van der Waals surface area contributed by atoms with Gasteiger partial charge in [-0.3, -0.25) is 9.59 Å². The molecule has 0 bridgehead atoms. The molecule has 1 atom stereocenters. The van der Waals surface area contributed by atoms with Crippen molar-refractivity contribution in [1.82, 2.24) is 0 Å². The molecule has 0 aromatic heterocycles. The van der Waals surface area contributed by atoms with Gasteiger partial charge >= 0.3 is 5.97 Å². The molecule has 11 heavy (non-hydrogen) atoms. The number of carbonyl (C=O) groups is 2. The average molecular weight is 181 g/mol. The first-order chi connectivity index (χ1) is 4.92. The minimum atomic E-state index is -1.66. The number of halogens is 1. The highest BCUT2D eigenvalue weighted by molar-refractivity contribution is 6.65. The van der Waals surface area contributed by atoms with Crippen LogP contribution in [-0.4, -0.2) is 24.1 Å².